The highest BCUT2D eigenvalue weighted by Gasteiger charge is 2.42. The molecule has 4 nitrogen and oxygen atoms in total. The maximum absolute atomic E-state index is 14.6. The maximum atomic E-state index is 14.6. The number of amides is 1. The fourth-order valence-corrected chi connectivity index (χ4v) is 4.31. The number of benzene rings is 2. The number of methoxy groups -OCH3 is 1. The Morgan fingerprint density at radius 2 is 1.87 bits per heavy atom. The number of anilines is 1. The first-order valence-electron chi connectivity index (χ1n) is 10.8. The summed E-state index contributed by atoms with van der Waals surface area (Å²) in [7, 11) is 1.67. The number of hydrogen-bond acceptors (Lipinski definition) is 3. The molecule has 1 fully saturated rings. The number of nitrogens with one attached hydrogen (secondary N) is 1. The summed E-state index contributed by atoms with van der Waals surface area (Å²) in [4.78, 5) is 13.4. The molecule has 0 bridgehead atoms. The summed E-state index contributed by atoms with van der Waals surface area (Å²) in [6.45, 7) is 4.45. The van der Waals surface area contributed by atoms with Gasteiger partial charge in [-0.05, 0) is 51.0 Å². The molecule has 0 aliphatic heterocycles. The number of ether oxygens (including phenoxy) is 2. The minimum atomic E-state index is -0.864. The van der Waals surface area contributed by atoms with Crippen molar-refractivity contribution < 1.29 is 18.7 Å². The maximum Gasteiger partial charge on any atom is 0.235 e. The van der Waals surface area contributed by atoms with Crippen molar-refractivity contribution in [1.29, 1.82) is 0 Å². The first-order valence-corrected chi connectivity index (χ1v) is 11.2. The molecule has 0 aromatic heterocycles. The van der Waals surface area contributed by atoms with E-state index < -0.39 is 5.41 Å². The second-order valence-corrected chi connectivity index (χ2v) is 9.19. The second kappa shape index (κ2) is 10.0. The van der Waals surface area contributed by atoms with Crippen LogP contribution in [0.2, 0.25) is 5.02 Å². The van der Waals surface area contributed by atoms with Gasteiger partial charge in [0.25, 0.3) is 0 Å². The van der Waals surface area contributed by atoms with Gasteiger partial charge in [0, 0.05) is 24.8 Å². The first kappa shape index (κ1) is 23.6. The SMILES string of the molecule is COC(C)(C)CCOc1ccc(NC(=O)C2(c3ccccc3F)CCCCC2)cc1Cl. The van der Waals surface area contributed by atoms with E-state index in [2.05, 4.69) is 5.32 Å². The highest BCUT2D eigenvalue weighted by atomic mass is 35.5. The number of halogens is 2. The molecular formula is C25H31ClFNO3. The summed E-state index contributed by atoms with van der Waals surface area (Å²) >= 11 is 6.39. The van der Waals surface area contributed by atoms with Crippen LogP contribution < -0.4 is 10.1 Å². The van der Waals surface area contributed by atoms with E-state index in [9.17, 15) is 9.18 Å². The van der Waals surface area contributed by atoms with Gasteiger partial charge < -0.3 is 14.8 Å². The van der Waals surface area contributed by atoms with Gasteiger partial charge in [0.2, 0.25) is 5.91 Å². The van der Waals surface area contributed by atoms with Crippen molar-refractivity contribution in [2.75, 3.05) is 19.0 Å². The van der Waals surface area contributed by atoms with Crippen LogP contribution in [0.5, 0.6) is 5.75 Å². The average Bonchev–Trinajstić information content (AvgIpc) is 2.76. The van der Waals surface area contributed by atoms with Crippen LogP contribution in [0.3, 0.4) is 0 Å². The van der Waals surface area contributed by atoms with Gasteiger partial charge in [-0.2, -0.15) is 0 Å². The predicted octanol–water partition coefficient (Wildman–Crippen LogP) is 6.51. The fourth-order valence-electron chi connectivity index (χ4n) is 4.08. The predicted molar refractivity (Wildman–Crippen MR) is 122 cm³/mol. The van der Waals surface area contributed by atoms with E-state index in [-0.39, 0.29) is 17.3 Å². The zero-order valence-electron chi connectivity index (χ0n) is 18.5. The third-order valence-electron chi connectivity index (χ3n) is 6.24. The molecule has 0 unspecified atom stereocenters. The monoisotopic (exact) mass is 447 g/mol. The zero-order valence-corrected chi connectivity index (χ0v) is 19.2. The summed E-state index contributed by atoms with van der Waals surface area (Å²) in [6.07, 6.45) is 4.82. The first-order chi connectivity index (χ1) is 14.8. The summed E-state index contributed by atoms with van der Waals surface area (Å²) in [5, 5.41) is 3.38. The molecule has 2 aromatic carbocycles. The second-order valence-electron chi connectivity index (χ2n) is 8.78. The van der Waals surface area contributed by atoms with Crippen molar-refractivity contribution in [2.24, 2.45) is 0 Å². The van der Waals surface area contributed by atoms with E-state index in [0.29, 0.717) is 47.9 Å². The number of carbonyl (C=O) groups is 1. The smallest absolute Gasteiger partial charge is 0.235 e. The lowest BCUT2D eigenvalue weighted by molar-refractivity contribution is -0.122. The highest BCUT2D eigenvalue weighted by Crippen LogP contribution is 2.42. The van der Waals surface area contributed by atoms with Gasteiger partial charge in [-0.25, -0.2) is 4.39 Å². The topological polar surface area (TPSA) is 47.6 Å². The molecule has 0 heterocycles. The molecule has 2 aromatic rings. The van der Waals surface area contributed by atoms with Crippen LogP contribution in [0, 0.1) is 5.82 Å². The Morgan fingerprint density at radius 3 is 2.52 bits per heavy atom. The van der Waals surface area contributed by atoms with Crippen LogP contribution in [0.25, 0.3) is 0 Å². The molecule has 0 spiro atoms. The lowest BCUT2D eigenvalue weighted by Gasteiger charge is -2.36. The third kappa shape index (κ3) is 5.58. The number of carbonyl (C=O) groups excluding carboxylic acids is 1. The molecule has 1 aliphatic rings. The van der Waals surface area contributed by atoms with Crippen molar-refractivity contribution >= 4 is 23.2 Å². The molecule has 1 saturated carbocycles. The zero-order chi connectivity index (χ0) is 22.5. The molecular weight excluding hydrogens is 417 g/mol. The Hall–Kier alpha value is -2.11. The summed E-state index contributed by atoms with van der Waals surface area (Å²) in [5.41, 5.74) is -0.0989. The van der Waals surface area contributed by atoms with Crippen LogP contribution >= 0.6 is 11.6 Å². The molecule has 1 N–H and O–H groups in total. The van der Waals surface area contributed by atoms with Crippen molar-refractivity contribution in [3.63, 3.8) is 0 Å². The Bertz CT molecular complexity index is 909. The molecule has 0 radical (unpaired) electrons. The Morgan fingerprint density at radius 1 is 1.16 bits per heavy atom. The molecule has 1 amide bonds. The van der Waals surface area contributed by atoms with Crippen LogP contribution in [-0.4, -0.2) is 25.2 Å². The average molecular weight is 448 g/mol. The van der Waals surface area contributed by atoms with Crippen molar-refractivity contribution in [3.8, 4) is 5.75 Å². The van der Waals surface area contributed by atoms with Gasteiger partial charge in [-0.15, -0.1) is 0 Å². The highest BCUT2D eigenvalue weighted by molar-refractivity contribution is 6.32. The molecule has 0 atom stereocenters. The molecule has 1 aliphatic carbocycles. The molecule has 6 heteroatoms. The summed E-state index contributed by atoms with van der Waals surface area (Å²) in [6, 6.07) is 11.8. The van der Waals surface area contributed by atoms with E-state index in [1.54, 1.807) is 43.5 Å². The molecule has 168 valence electrons. The summed E-state index contributed by atoms with van der Waals surface area (Å²) < 4.78 is 25.8. The van der Waals surface area contributed by atoms with Crippen molar-refractivity contribution in [1.82, 2.24) is 0 Å². The van der Waals surface area contributed by atoms with Gasteiger partial charge in [0.1, 0.15) is 11.6 Å². The van der Waals surface area contributed by atoms with E-state index in [0.717, 1.165) is 19.3 Å². The quantitative estimate of drug-likeness (QED) is 0.501. The third-order valence-corrected chi connectivity index (χ3v) is 6.53. The van der Waals surface area contributed by atoms with Crippen LogP contribution in [-0.2, 0) is 14.9 Å². The van der Waals surface area contributed by atoms with Crippen molar-refractivity contribution in [3.05, 3.63) is 58.9 Å². The normalized spacial score (nSPS) is 16.0. The van der Waals surface area contributed by atoms with Gasteiger partial charge in [-0.1, -0.05) is 49.1 Å². The Kier molecular flexibility index (Phi) is 7.60. The standard InChI is InChI=1S/C25H31ClFNO3/c1-24(2,30-3)15-16-31-22-12-11-18(17-20(22)26)28-23(29)25(13-7-4-8-14-25)19-9-5-6-10-21(19)27/h5-6,9-12,17H,4,7-8,13-16H2,1-3H3,(H,28,29). The van der Waals surface area contributed by atoms with Crippen LogP contribution in [0.15, 0.2) is 42.5 Å². The lowest BCUT2D eigenvalue weighted by atomic mass is 9.68. The number of rotatable bonds is 8. The minimum absolute atomic E-state index is 0.191. The van der Waals surface area contributed by atoms with Gasteiger partial charge in [0.05, 0.1) is 22.6 Å². The van der Waals surface area contributed by atoms with E-state index in [1.807, 2.05) is 13.8 Å². The molecule has 3 rings (SSSR count). The largest absolute Gasteiger partial charge is 0.492 e. The van der Waals surface area contributed by atoms with E-state index >= 15 is 0 Å². The van der Waals surface area contributed by atoms with Gasteiger partial charge in [-0.3, -0.25) is 4.79 Å². The minimum Gasteiger partial charge on any atom is -0.492 e. The van der Waals surface area contributed by atoms with Crippen molar-refractivity contribution in [2.45, 2.75) is 63.4 Å². The lowest BCUT2D eigenvalue weighted by Crippen LogP contribution is -2.42. The van der Waals surface area contributed by atoms with Crippen LogP contribution in [0.4, 0.5) is 10.1 Å². The Balaban J connectivity index is 1.74. The fraction of sp³-hybridized carbons (Fsp3) is 0.480. The van der Waals surface area contributed by atoms with Crippen LogP contribution in [0.1, 0.15) is 57.9 Å². The summed E-state index contributed by atoms with van der Waals surface area (Å²) in [5.74, 6) is 0.0252. The van der Waals surface area contributed by atoms with E-state index in [1.165, 1.54) is 6.07 Å². The van der Waals surface area contributed by atoms with Gasteiger partial charge >= 0.3 is 0 Å². The van der Waals surface area contributed by atoms with Gasteiger partial charge in [0.15, 0.2) is 0 Å². The van der Waals surface area contributed by atoms with E-state index in [4.69, 9.17) is 21.1 Å². The number of hydrogen-bond donors (Lipinski definition) is 1. The molecule has 0 saturated heterocycles. The Labute approximate surface area is 189 Å². The molecule has 31 heavy (non-hydrogen) atoms.